The van der Waals surface area contributed by atoms with Crippen LogP contribution in [-0.2, 0) is 4.74 Å². The smallest absolute Gasteiger partial charge is 0.0642 e. The Bertz CT molecular complexity index is 1010. The molecular weight excluding hydrogens is 410 g/mol. The molecule has 0 saturated carbocycles. The first-order valence-corrected chi connectivity index (χ1v) is 11.9. The van der Waals surface area contributed by atoms with Crippen LogP contribution in [0, 0.1) is 0 Å². The number of benzene rings is 1. The molecule has 2 aromatic rings. The summed E-state index contributed by atoms with van der Waals surface area (Å²) in [6, 6.07) is 12.8. The molecule has 0 unspecified atom stereocenters. The van der Waals surface area contributed by atoms with E-state index in [1.54, 1.807) is 18.6 Å². The Morgan fingerprint density at radius 2 is 1.73 bits per heavy atom. The van der Waals surface area contributed by atoms with E-state index in [0.717, 1.165) is 57.8 Å². The molecule has 1 aliphatic carbocycles. The number of allylic oxidation sites excluding steroid dienone is 2. The van der Waals surface area contributed by atoms with Crippen molar-refractivity contribution in [3.63, 3.8) is 0 Å². The monoisotopic (exact) mass is 443 g/mol. The number of rotatable bonds is 8. The Labute approximate surface area is 197 Å². The lowest BCUT2D eigenvalue weighted by molar-refractivity contribution is 0.0548. The van der Waals surface area contributed by atoms with Crippen molar-refractivity contribution in [3.05, 3.63) is 76.8 Å². The normalized spacial score (nSPS) is 18.2. The molecule has 1 saturated heterocycles. The SMILES string of the molecule is CCN(CC)c1ccc(/C=C2\CCC(/C=N\N=C\c3cccnc3)=C2N2CCOCC2)cc1. The van der Waals surface area contributed by atoms with Gasteiger partial charge < -0.3 is 14.5 Å². The molecule has 2 heterocycles. The highest BCUT2D eigenvalue weighted by atomic mass is 16.5. The van der Waals surface area contributed by atoms with Crippen LogP contribution in [0.1, 0.15) is 37.8 Å². The van der Waals surface area contributed by atoms with Gasteiger partial charge in [-0.25, -0.2) is 0 Å². The lowest BCUT2D eigenvalue weighted by Gasteiger charge is -2.31. The van der Waals surface area contributed by atoms with Gasteiger partial charge in [0.1, 0.15) is 0 Å². The molecule has 0 bridgehead atoms. The maximum atomic E-state index is 5.60. The molecule has 6 heteroatoms. The molecule has 4 rings (SSSR count). The second-order valence-electron chi connectivity index (χ2n) is 8.18. The van der Waals surface area contributed by atoms with Crippen molar-refractivity contribution in [1.29, 1.82) is 0 Å². The molecule has 1 aromatic heterocycles. The van der Waals surface area contributed by atoms with Crippen LogP contribution < -0.4 is 4.90 Å². The number of anilines is 1. The van der Waals surface area contributed by atoms with E-state index >= 15 is 0 Å². The molecule has 0 amide bonds. The summed E-state index contributed by atoms with van der Waals surface area (Å²) in [5.74, 6) is 0. The molecule has 0 atom stereocenters. The predicted octanol–water partition coefficient (Wildman–Crippen LogP) is 4.80. The molecular formula is C27H33N5O. The van der Waals surface area contributed by atoms with Gasteiger partial charge in [0.05, 0.1) is 25.6 Å². The van der Waals surface area contributed by atoms with E-state index < -0.39 is 0 Å². The van der Waals surface area contributed by atoms with Crippen LogP contribution in [0.25, 0.3) is 6.08 Å². The summed E-state index contributed by atoms with van der Waals surface area (Å²) in [4.78, 5) is 8.92. The summed E-state index contributed by atoms with van der Waals surface area (Å²) >= 11 is 0. The van der Waals surface area contributed by atoms with Gasteiger partial charge in [-0.3, -0.25) is 4.98 Å². The van der Waals surface area contributed by atoms with Gasteiger partial charge in [-0.2, -0.15) is 10.2 Å². The average Bonchev–Trinajstić information content (AvgIpc) is 3.27. The minimum absolute atomic E-state index is 0.763. The quantitative estimate of drug-likeness (QED) is 0.435. The summed E-state index contributed by atoms with van der Waals surface area (Å²) < 4.78 is 5.60. The highest BCUT2D eigenvalue weighted by Gasteiger charge is 2.25. The third-order valence-corrected chi connectivity index (χ3v) is 6.13. The van der Waals surface area contributed by atoms with E-state index in [-0.39, 0.29) is 0 Å². The summed E-state index contributed by atoms with van der Waals surface area (Å²) in [5, 5.41) is 8.59. The molecule has 33 heavy (non-hydrogen) atoms. The van der Waals surface area contributed by atoms with Crippen LogP contribution in [0.3, 0.4) is 0 Å². The lowest BCUT2D eigenvalue weighted by Crippen LogP contribution is -2.36. The van der Waals surface area contributed by atoms with E-state index in [1.807, 2.05) is 18.3 Å². The minimum Gasteiger partial charge on any atom is -0.378 e. The van der Waals surface area contributed by atoms with Gasteiger partial charge in [0, 0.05) is 55.5 Å². The summed E-state index contributed by atoms with van der Waals surface area (Å²) in [6.45, 7) is 9.77. The molecule has 172 valence electrons. The second kappa shape index (κ2) is 11.6. The minimum atomic E-state index is 0.763. The maximum Gasteiger partial charge on any atom is 0.0642 e. The van der Waals surface area contributed by atoms with Crippen molar-refractivity contribution in [2.45, 2.75) is 26.7 Å². The molecule has 1 fully saturated rings. The molecule has 0 N–H and O–H groups in total. The third-order valence-electron chi connectivity index (χ3n) is 6.13. The number of aromatic nitrogens is 1. The second-order valence-corrected chi connectivity index (χ2v) is 8.18. The Balaban J connectivity index is 1.57. The Morgan fingerprint density at radius 3 is 2.42 bits per heavy atom. The zero-order chi connectivity index (χ0) is 22.9. The van der Waals surface area contributed by atoms with Gasteiger partial charge >= 0.3 is 0 Å². The van der Waals surface area contributed by atoms with Crippen molar-refractivity contribution in [2.75, 3.05) is 44.3 Å². The van der Waals surface area contributed by atoms with Crippen LogP contribution in [0.2, 0.25) is 0 Å². The van der Waals surface area contributed by atoms with E-state index in [2.05, 4.69) is 69.2 Å². The zero-order valence-corrected chi connectivity index (χ0v) is 19.7. The number of hydrogen-bond acceptors (Lipinski definition) is 6. The van der Waals surface area contributed by atoms with Crippen LogP contribution in [-0.4, -0.2) is 61.7 Å². The standard InChI is InChI=1S/C27H33N5O/c1-3-31(4-2)26-11-7-22(8-12-26)18-24-9-10-25(27(24)32-14-16-33-17-15-32)21-30-29-20-23-6-5-13-28-19-23/h5-8,11-13,18-21H,3-4,9-10,14-17H2,1-2H3/b24-18+,29-20+,30-21-. The van der Waals surface area contributed by atoms with E-state index in [4.69, 9.17) is 4.74 Å². The number of ether oxygens (including phenoxy) is 1. The first kappa shape index (κ1) is 22.9. The molecule has 1 aliphatic heterocycles. The Kier molecular flexibility index (Phi) is 8.04. The first-order chi connectivity index (χ1) is 16.3. The Morgan fingerprint density at radius 1 is 0.970 bits per heavy atom. The fourth-order valence-corrected chi connectivity index (χ4v) is 4.40. The molecule has 2 aliphatic rings. The van der Waals surface area contributed by atoms with E-state index in [0.29, 0.717) is 0 Å². The van der Waals surface area contributed by atoms with Crippen molar-refractivity contribution in [3.8, 4) is 0 Å². The number of nitrogens with zero attached hydrogens (tertiary/aromatic N) is 5. The topological polar surface area (TPSA) is 53.3 Å². The van der Waals surface area contributed by atoms with Crippen LogP contribution in [0.15, 0.2) is 75.8 Å². The van der Waals surface area contributed by atoms with Crippen LogP contribution in [0.5, 0.6) is 0 Å². The van der Waals surface area contributed by atoms with Gasteiger partial charge in [0.25, 0.3) is 0 Å². The summed E-state index contributed by atoms with van der Waals surface area (Å²) in [6.07, 6.45) is 11.5. The highest BCUT2D eigenvalue weighted by Crippen LogP contribution is 2.35. The van der Waals surface area contributed by atoms with Crippen molar-refractivity contribution in [2.24, 2.45) is 10.2 Å². The number of morpholine rings is 1. The average molecular weight is 444 g/mol. The third kappa shape index (κ3) is 5.96. The molecule has 0 spiro atoms. The van der Waals surface area contributed by atoms with Gasteiger partial charge in [-0.1, -0.05) is 18.2 Å². The Hall–Kier alpha value is -3.25. The summed E-state index contributed by atoms with van der Waals surface area (Å²) in [5.41, 5.74) is 7.36. The van der Waals surface area contributed by atoms with E-state index in [9.17, 15) is 0 Å². The fraction of sp³-hybridized carbons (Fsp3) is 0.370. The van der Waals surface area contributed by atoms with Crippen LogP contribution in [0.4, 0.5) is 5.69 Å². The molecule has 0 radical (unpaired) electrons. The number of pyridine rings is 1. The molecule has 1 aromatic carbocycles. The van der Waals surface area contributed by atoms with Crippen molar-refractivity contribution in [1.82, 2.24) is 9.88 Å². The van der Waals surface area contributed by atoms with Gasteiger partial charge in [-0.05, 0) is 67.7 Å². The van der Waals surface area contributed by atoms with Gasteiger partial charge in [-0.15, -0.1) is 0 Å². The first-order valence-electron chi connectivity index (χ1n) is 11.9. The largest absolute Gasteiger partial charge is 0.378 e. The van der Waals surface area contributed by atoms with Crippen molar-refractivity contribution < 1.29 is 4.74 Å². The molecule has 6 nitrogen and oxygen atoms in total. The van der Waals surface area contributed by atoms with Gasteiger partial charge in [0.2, 0.25) is 0 Å². The zero-order valence-electron chi connectivity index (χ0n) is 19.7. The highest BCUT2D eigenvalue weighted by molar-refractivity contribution is 5.85. The maximum absolute atomic E-state index is 5.60. The van der Waals surface area contributed by atoms with E-state index in [1.165, 1.54) is 28.1 Å². The lowest BCUT2D eigenvalue weighted by atomic mass is 10.1. The fourth-order valence-electron chi connectivity index (χ4n) is 4.40. The summed E-state index contributed by atoms with van der Waals surface area (Å²) in [7, 11) is 0. The predicted molar refractivity (Wildman–Crippen MR) is 137 cm³/mol. The van der Waals surface area contributed by atoms with Crippen LogP contribution >= 0.6 is 0 Å². The number of hydrogen-bond donors (Lipinski definition) is 0. The van der Waals surface area contributed by atoms with Gasteiger partial charge in [0.15, 0.2) is 0 Å². The van der Waals surface area contributed by atoms with Crippen molar-refractivity contribution >= 4 is 24.2 Å².